The van der Waals surface area contributed by atoms with Gasteiger partial charge in [0.2, 0.25) is 0 Å². The number of nitriles is 1. The van der Waals surface area contributed by atoms with Gasteiger partial charge in [-0.1, -0.05) is 0 Å². The molecule has 3 unspecified atom stereocenters. The fourth-order valence-corrected chi connectivity index (χ4v) is 4.28. The largest absolute Gasteiger partial charge is 0.305 e. The van der Waals surface area contributed by atoms with E-state index >= 15 is 0 Å². The van der Waals surface area contributed by atoms with Crippen molar-refractivity contribution in [2.45, 2.75) is 76.5 Å². The van der Waals surface area contributed by atoms with Crippen LogP contribution in [0.15, 0.2) is 0 Å². The normalized spacial score (nSPS) is 36.4. The number of likely N-dealkylation sites (N-methyl/N-ethyl adjacent to an activating group) is 1. The predicted molar refractivity (Wildman–Crippen MR) is 87.2 cm³/mol. The van der Waals surface area contributed by atoms with E-state index < -0.39 is 0 Å². The van der Waals surface area contributed by atoms with Crippen LogP contribution in [-0.2, 0) is 0 Å². The molecule has 1 N–H and O–H groups in total. The zero-order chi connectivity index (χ0) is 15.5. The molecule has 1 aliphatic heterocycles. The van der Waals surface area contributed by atoms with E-state index in [1.54, 1.807) is 0 Å². The second-order valence-corrected chi connectivity index (χ2v) is 7.45. The molecule has 4 heteroatoms. The van der Waals surface area contributed by atoms with E-state index in [1.807, 2.05) is 0 Å². The molecule has 0 radical (unpaired) electrons. The summed E-state index contributed by atoms with van der Waals surface area (Å²) in [6.07, 6.45) is 5.64. The van der Waals surface area contributed by atoms with Gasteiger partial charge in [-0.05, 0) is 73.0 Å². The minimum absolute atomic E-state index is 0.311. The van der Waals surface area contributed by atoms with Crippen LogP contribution in [0.4, 0.5) is 0 Å². The molecule has 0 aromatic rings. The Morgan fingerprint density at radius 2 is 2.05 bits per heavy atom. The number of rotatable bonds is 3. The summed E-state index contributed by atoms with van der Waals surface area (Å²) in [6.45, 7) is 10.2. The average Bonchev–Trinajstić information content (AvgIpc) is 2.59. The Hall–Kier alpha value is -0.630. The Kier molecular flexibility index (Phi) is 5.65. The fraction of sp³-hybridized carbons (Fsp3) is 0.941. The van der Waals surface area contributed by atoms with Crippen LogP contribution in [-0.4, -0.2) is 60.1 Å². The van der Waals surface area contributed by atoms with Gasteiger partial charge in [0.1, 0.15) is 5.54 Å². The summed E-state index contributed by atoms with van der Waals surface area (Å²) in [5.41, 5.74) is -0.311. The van der Waals surface area contributed by atoms with Crippen molar-refractivity contribution in [3.05, 3.63) is 0 Å². The molecule has 1 heterocycles. The van der Waals surface area contributed by atoms with Gasteiger partial charge in [-0.3, -0.25) is 10.2 Å². The third-order valence-electron chi connectivity index (χ3n) is 5.07. The summed E-state index contributed by atoms with van der Waals surface area (Å²) in [5.74, 6) is 0. The summed E-state index contributed by atoms with van der Waals surface area (Å²) in [4.78, 5) is 5.12. The van der Waals surface area contributed by atoms with Gasteiger partial charge in [0.05, 0.1) is 6.07 Å². The van der Waals surface area contributed by atoms with Crippen molar-refractivity contribution < 1.29 is 0 Å². The van der Waals surface area contributed by atoms with Crippen molar-refractivity contribution in [2.75, 3.05) is 26.7 Å². The van der Waals surface area contributed by atoms with E-state index in [4.69, 9.17) is 0 Å². The molecular weight excluding hydrogens is 260 g/mol. The van der Waals surface area contributed by atoms with E-state index in [-0.39, 0.29) is 5.54 Å². The van der Waals surface area contributed by atoms with Gasteiger partial charge in [-0.25, -0.2) is 0 Å². The zero-order valence-corrected chi connectivity index (χ0v) is 14.2. The molecule has 2 aliphatic rings. The first kappa shape index (κ1) is 16.7. The minimum atomic E-state index is -0.311. The van der Waals surface area contributed by atoms with Crippen LogP contribution < -0.4 is 5.32 Å². The second-order valence-electron chi connectivity index (χ2n) is 7.45. The summed E-state index contributed by atoms with van der Waals surface area (Å²) in [7, 11) is 2.22. The van der Waals surface area contributed by atoms with Gasteiger partial charge in [0, 0.05) is 24.7 Å². The fourth-order valence-electron chi connectivity index (χ4n) is 4.28. The standard InChI is InChI=1S/C17H32N4/c1-14(2)19-17(13-18)8-5-7-16(11-17)21-10-6-9-20(4)12-15(21)3/h14-16,19H,5-12H2,1-4H3. The highest BCUT2D eigenvalue weighted by atomic mass is 15.3. The van der Waals surface area contributed by atoms with Crippen molar-refractivity contribution in [1.29, 1.82) is 5.26 Å². The monoisotopic (exact) mass is 292 g/mol. The third-order valence-corrected chi connectivity index (χ3v) is 5.07. The van der Waals surface area contributed by atoms with Crippen LogP contribution in [0.1, 0.15) is 52.9 Å². The molecule has 0 amide bonds. The molecule has 0 bridgehead atoms. The van der Waals surface area contributed by atoms with Crippen molar-refractivity contribution in [3.8, 4) is 6.07 Å². The topological polar surface area (TPSA) is 42.3 Å². The molecule has 0 aromatic heterocycles. The first-order chi connectivity index (χ1) is 9.96. The minimum Gasteiger partial charge on any atom is -0.305 e. The lowest BCUT2D eigenvalue weighted by Gasteiger charge is -2.44. The zero-order valence-electron chi connectivity index (χ0n) is 14.2. The smallest absolute Gasteiger partial charge is 0.108 e. The first-order valence-electron chi connectivity index (χ1n) is 8.59. The van der Waals surface area contributed by atoms with Crippen molar-refractivity contribution >= 4 is 0 Å². The van der Waals surface area contributed by atoms with Crippen LogP contribution >= 0.6 is 0 Å². The van der Waals surface area contributed by atoms with E-state index in [0.717, 1.165) is 25.8 Å². The number of nitrogens with one attached hydrogen (secondary N) is 1. The van der Waals surface area contributed by atoms with E-state index in [2.05, 4.69) is 49.0 Å². The van der Waals surface area contributed by atoms with Gasteiger partial charge in [-0.2, -0.15) is 5.26 Å². The highest BCUT2D eigenvalue weighted by molar-refractivity contribution is 5.12. The van der Waals surface area contributed by atoms with E-state index in [0.29, 0.717) is 18.1 Å². The number of nitrogens with zero attached hydrogens (tertiary/aromatic N) is 3. The lowest BCUT2D eigenvalue weighted by atomic mass is 9.78. The maximum atomic E-state index is 9.73. The first-order valence-corrected chi connectivity index (χ1v) is 8.59. The molecule has 1 saturated heterocycles. The molecule has 2 rings (SSSR count). The van der Waals surface area contributed by atoms with Gasteiger partial charge in [0.25, 0.3) is 0 Å². The molecule has 120 valence electrons. The molecular formula is C17H32N4. The van der Waals surface area contributed by atoms with Crippen LogP contribution in [0, 0.1) is 11.3 Å². The van der Waals surface area contributed by atoms with Gasteiger partial charge < -0.3 is 4.90 Å². The van der Waals surface area contributed by atoms with Gasteiger partial charge in [-0.15, -0.1) is 0 Å². The van der Waals surface area contributed by atoms with E-state index in [1.165, 1.54) is 25.9 Å². The SMILES string of the molecule is CC(C)NC1(C#N)CCCC(N2CCCN(C)CC2C)C1. The maximum absolute atomic E-state index is 9.73. The Bertz CT molecular complexity index is 375. The van der Waals surface area contributed by atoms with Crippen LogP contribution in [0.2, 0.25) is 0 Å². The molecule has 2 fully saturated rings. The Morgan fingerprint density at radius 1 is 1.29 bits per heavy atom. The van der Waals surface area contributed by atoms with Crippen LogP contribution in [0.3, 0.4) is 0 Å². The Morgan fingerprint density at radius 3 is 2.71 bits per heavy atom. The maximum Gasteiger partial charge on any atom is 0.108 e. The van der Waals surface area contributed by atoms with Crippen molar-refractivity contribution in [3.63, 3.8) is 0 Å². The predicted octanol–water partition coefficient (Wildman–Crippen LogP) is 2.22. The van der Waals surface area contributed by atoms with Gasteiger partial charge >= 0.3 is 0 Å². The summed E-state index contributed by atoms with van der Waals surface area (Å²) >= 11 is 0. The lowest BCUT2D eigenvalue weighted by molar-refractivity contribution is 0.0848. The van der Waals surface area contributed by atoms with Crippen molar-refractivity contribution in [1.82, 2.24) is 15.1 Å². The second kappa shape index (κ2) is 7.09. The van der Waals surface area contributed by atoms with Gasteiger partial charge in [0.15, 0.2) is 0 Å². The Balaban J connectivity index is 2.07. The summed E-state index contributed by atoms with van der Waals surface area (Å²) in [5, 5.41) is 13.3. The molecule has 1 aliphatic carbocycles. The summed E-state index contributed by atoms with van der Waals surface area (Å²) < 4.78 is 0. The van der Waals surface area contributed by atoms with Crippen LogP contribution in [0.5, 0.6) is 0 Å². The number of hydrogen-bond donors (Lipinski definition) is 1. The summed E-state index contributed by atoms with van der Waals surface area (Å²) in [6, 6.07) is 4.14. The lowest BCUT2D eigenvalue weighted by Crippen LogP contribution is -2.56. The number of hydrogen-bond acceptors (Lipinski definition) is 4. The molecule has 21 heavy (non-hydrogen) atoms. The quantitative estimate of drug-likeness (QED) is 0.866. The Labute approximate surface area is 130 Å². The highest BCUT2D eigenvalue weighted by Crippen LogP contribution is 2.33. The van der Waals surface area contributed by atoms with Crippen LogP contribution in [0.25, 0.3) is 0 Å². The van der Waals surface area contributed by atoms with E-state index in [9.17, 15) is 5.26 Å². The highest BCUT2D eigenvalue weighted by Gasteiger charge is 2.40. The molecule has 0 aromatic carbocycles. The molecule has 1 saturated carbocycles. The third kappa shape index (κ3) is 4.18. The molecule has 0 spiro atoms. The van der Waals surface area contributed by atoms with Crippen molar-refractivity contribution in [2.24, 2.45) is 0 Å². The molecule has 3 atom stereocenters. The average molecular weight is 292 g/mol. The molecule has 4 nitrogen and oxygen atoms in total.